The largest absolute Gasteiger partial charge is 0.339 e. The van der Waals surface area contributed by atoms with E-state index in [0.717, 1.165) is 24.1 Å². The lowest BCUT2D eigenvalue weighted by Gasteiger charge is -2.33. The highest BCUT2D eigenvalue weighted by molar-refractivity contribution is 6.05. The summed E-state index contributed by atoms with van der Waals surface area (Å²) < 4.78 is 0. The number of hydrogen-bond donors (Lipinski definition) is 1. The van der Waals surface area contributed by atoms with Crippen LogP contribution >= 0.6 is 0 Å². The van der Waals surface area contributed by atoms with Crippen molar-refractivity contribution in [3.8, 4) is 0 Å². The van der Waals surface area contributed by atoms with Crippen molar-refractivity contribution in [2.75, 3.05) is 7.05 Å². The standard InChI is InChI=1S/C18H22N2O2/c1-12-7-9-13(10-8-12)20(2)18(22)15-11-17(21)19-16-6-4-3-5-14(15)16/h3-6,11-13H,7-10H2,1-2H3,(H,19,21). The summed E-state index contributed by atoms with van der Waals surface area (Å²) in [5, 5.41) is 0.808. The molecule has 0 radical (unpaired) electrons. The van der Waals surface area contributed by atoms with Crippen molar-refractivity contribution in [3.63, 3.8) is 0 Å². The second-order valence-electron chi connectivity index (χ2n) is 6.42. The third-order valence-corrected chi connectivity index (χ3v) is 4.83. The number of nitrogens with one attached hydrogen (secondary N) is 1. The van der Waals surface area contributed by atoms with E-state index in [1.807, 2.05) is 36.2 Å². The Morgan fingerprint density at radius 2 is 1.86 bits per heavy atom. The lowest BCUT2D eigenvalue weighted by Crippen LogP contribution is -2.39. The van der Waals surface area contributed by atoms with Crippen molar-refractivity contribution >= 4 is 16.8 Å². The molecular weight excluding hydrogens is 276 g/mol. The van der Waals surface area contributed by atoms with Gasteiger partial charge in [0.1, 0.15) is 0 Å². The number of amides is 1. The summed E-state index contributed by atoms with van der Waals surface area (Å²) in [5.41, 5.74) is 0.984. The van der Waals surface area contributed by atoms with E-state index in [-0.39, 0.29) is 17.5 Å². The number of benzene rings is 1. The molecule has 3 rings (SSSR count). The third kappa shape index (κ3) is 2.78. The molecule has 1 N–H and O–H groups in total. The smallest absolute Gasteiger partial charge is 0.254 e. The highest BCUT2D eigenvalue weighted by Gasteiger charge is 2.26. The van der Waals surface area contributed by atoms with Crippen LogP contribution in [0.4, 0.5) is 0 Å². The summed E-state index contributed by atoms with van der Waals surface area (Å²) in [7, 11) is 1.86. The van der Waals surface area contributed by atoms with Gasteiger partial charge < -0.3 is 9.88 Å². The second-order valence-corrected chi connectivity index (χ2v) is 6.42. The van der Waals surface area contributed by atoms with Crippen molar-refractivity contribution in [1.29, 1.82) is 0 Å². The summed E-state index contributed by atoms with van der Waals surface area (Å²) in [4.78, 5) is 29.3. The molecule has 1 aliphatic carbocycles. The van der Waals surface area contributed by atoms with Crippen LogP contribution in [0.25, 0.3) is 10.9 Å². The Morgan fingerprint density at radius 1 is 1.18 bits per heavy atom. The molecular formula is C18H22N2O2. The zero-order chi connectivity index (χ0) is 15.7. The molecule has 1 aromatic heterocycles. The summed E-state index contributed by atoms with van der Waals surface area (Å²) in [5.74, 6) is 0.696. The number of fused-ring (bicyclic) bond motifs is 1. The number of aromatic amines is 1. The lowest BCUT2D eigenvalue weighted by molar-refractivity contribution is 0.0681. The molecule has 1 saturated carbocycles. The quantitative estimate of drug-likeness (QED) is 0.925. The molecule has 22 heavy (non-hydrogen) atoms. The first kappa shape index (κ1) is 14.8. The van der Waals surface area contributed by atoms with E-state index >= 15 is 0 Å². The van der Waals surface area contributed by atoms with E-state index in [1.54, 1.807) is 0 Å². The molecule has 1 aliphatic rings. The number of H-pyrrole nitrogens is 1. The summed E-state index contributed by atoms with van der Waals surface area (Å²) in [6.07, 6.45) is 4.42. The molecule has 1 heterocycles. The zero-order valence-electron chi connectivity index (χ0n) is 13.1. The van der Waals surface area contributed by atoms with Crippen LogP contribution in [0, 0.1) is 5.92 Å². The van der Waals surface area contributed by atoms with Crippen LogP contribution in [0.1, 0.15) is 43.0 Å². The van der Waals surface area contributed by atoms with Crippen LogP contribution < -0.4 is 5.56 Å². The van der Waals surface area contributed by atoms with Gasteiger partial charge in [-0.05, 0) is 37.7 Å². The van der Waals surface area contributed by atoms with Gasteiger partial charge in [0.15, 0.2) is 0 Å². The van der Waals surface area contributed by atoms with Crippen molar-refractivity contribution in [2.24, 2.45) is 5.92 Å². The fourth-order valence-corrected chi connectivity index (χ4v) is 3.37. The van der Waals surface area contributed by atoms with Gasteiger partial charge in [-0.25, -0.2) is 0 Å². The van der Waals surface area contributed by atoms with Crippen molar-refractivity contribution in [1.82, 2.24) is 9.88 Å². The van der Waals surface area contributed by atoms with Gasteiger partial charge in [-0.3, -0.25) is 9.59 Å². The third-order valence-electron chi connectivity index (χ3n) is 4.83. The molecule has 1 amide bonds. The molecule has 1 fully saturated rings. The van der Waals surface area contributed by atoms with E-state index in [9.17, 15) is 9.59 Å². The fraction of sp³-hybridized carbons (Fsp3) is 0.444. The molecule has 1 aromatic carbocycles. The molecule has 0 spiro atoms. The number of rotatable bonds is 2. The minimum atomic E-state index is -0.229. The van der Waals surface area contributed by atoms with E-state index in [2.05, 4.69) is 11.9 Å². The molecule has 0 atom stereocenters. The van der Waals surface area contributed by atoms with Crippen LogP contribution in [0.3, 0.4) is 0 Å². The summed E-state index contributed by atoms with van der Waals surface area (Å²) in [6.45, 7) is 2.27. The molecule has 2 aromatic rings. The first-order valence-electron chi connectivity index (χ1n) is 7.95. The molecule has 0 saturated heterocycles. The van der Waals surface area contributed by atoms with Crippen molar-refractivity contribution < 1.29 is 4.79 Å². The van der Waals surface area contributed by atoms with Gasteiger partial charge in [-0.2, -0.15) is 0 Å². The minimum Gasteiger partial charge on any atom is -0.339 e. The van der Waals surface area contributed by atoms with E-state index in [4.69, 9.17) is 0 Å². The molecule has 0 aliphatic heterocycles. The molecule has 0 bridgehead atoms. The zero-order valence-corrected chi connectivity index (χ0v) is 13.1. The SMILES string of the molecule is CC1CCC(N(C)C(=O)c2cc(=O)[nH]c3ccccc23)CC1. The van der Waals surface area contributed by atoms with Gasteiger partial charge in [-0.1, -0.05) is 25.1 Å². The van der Waals surface area contributed by atoms with E-state index in [1.165, 1.54) is 18.9 Å². The van der Waals surface area contributed by atoms with Gasteiger partial charge in [0, 0.05) is 30.1 Å². The summed E-state index contributed by atoms with van der Waals surface area (Å²) >= 11 is 0. The number of hydrogen-bond acceptors (Lipinski definition) is 2. The molecule has 116 valence electrons. The van der Waals surface area contributed by atoms with Crippen molar-refractivity contribution in [2.45, 2.75) is 38.6 Å². The maximum Gasteiger partial charge on any atom is 0.254 e. The number of carbonyl (C=O) groups excluding carboxylic acids is 1. The van der Waals surface area contributed by atoms with Crippen molar-refractivity contribution in [3.05, 3.63) is 46.2 Å². The molecule has 4 heteroatoms. The fourth-order valence-electron chi connectivity index (χ4n) is 3.37. The second kappa shape index (κ2) is 5.95. The van der Waals surface area contributed by atoms with E-state index in [0.29, 0.717) is 11.1 Å². The highest BCUT2D eigenvalue weighted by Crippen LogP contribution is 2.27. The Labute approximate surface area is 130 Å². The maximum atomic E-state index is 12.9. The average Bonchev–Trinajstić information content (AvgIpc) is 2.53. The lowest BCUT2D eigenvalue weighted by atomic mass is 9.86. The Hall–Kier alpha value is -2.10. The first-order chi connectivity index (χ1) is 10.6. The first-order valence-corrected chi connectivity index (χ1v) is 7.95. The van der Waals surface area contributed by atoms with Gasteiger partial charge >= 0.3 is 0 Å². The average molecular weight is 298 g/mol. The highest BCUT2D eigenvalue weighted by atomic mass is 16.2. The summed E-state index contributed by atoms with van der Waals surface area (Å²) in [6, 6.07) is 9.16. The number of aromatic nitrogens is 1. The Kier molecular flexibility index (Phi) is 4.01. The van der Waals surface area contributed by atoms with Crippen LogP contribution in [-0.2, 0) is 0 Å². The van der Waals surface area contributed by atoms with Gasteiger partial charge in [0.05, 0.1) is 5.56 Å². The number of para-hydroxylation sites is 1. The maximum absolute atomic E-state index is 12.9. The Morgan fingerprint density at radius 3 is 2.59 bits per heavy atom. The van der Waals surface area contributed by atoms with Crippen LogP contribution in [0.2, 0.25) is 0 Å². The monoisotopic (exact) mass is 298 g/mol. The number of pyridine rings is 1. The van der Waals surface area contributed by atoms with Gasteiger partial charge in [-0.15, -0.1) is 0 Å². The predicted molar refractivity (Wildman–Crippen MR) is 88.1 cm³/mol. The number of nitrogens with zero attached hydrogens (tertiary/aromatic N) is 1. The number of carbonyl (C=O) groups is 1. The van der Waals surface area contributed by atoms with Crippen LogP contribution in [0.5, 0.6) is 0 Å². The predicted octanol–water partition coefficient (Wildman–Crippen LogP) is 3.18. The van der Waals surface area contributed by atoms with E-state index < -0.39 is 0 Å². The molecule has 0 unspecified atom stereocenters. The van der Waals surface area contributed by atoms with Crippen LogP contribution in [-0.4, -0.2) is 28.9 Å². The normalized spacial score (nSPS) is 21.7. The topological polar surface area (TPSA) is 53.2 Å². The Bertz CT molecular complexity index is 742. The van der Waals surface area contributed by atoms with Gasteiger partial charge in [0.25, 0.3) is 5.91 Å². The van der Waals surface area contributed by atoms with Crippen LogP contribution in [0.15, 0.2) is 35.1 Å². The molecule has 4 nitrogen and oxygen atoms in total. The van der Waals surface area contributed by atoms with Gasteiger partial charge in [0.2, 0.25) is 5.56 Å². The minimum absolute atomic E-state index is 0.0538. The Balaban J connectivity index is 1.93.